The molecule has 2 heterocycles. The van der Waals surface area contributed by atoms with Crippen molar-refractivity contribution in [1.29, 1.82) is 0 Å². The van der Waals surface area contributed by atoms with Gasteiger partial charge in [0.05, 0.1) is 11.7 Å². The lowest BCUT2D eigenvalue weighted by Gasteiger charge is -2.39. The highest BCUT2D eigenvalue weighted by Gasteiger charge is 2.36. The van der Waals surface area contributed by atoms with Crippen LogP contribution in [0.15, 0.2) is 36.5 Å². The van der Waals surface area contributed by atoms with Gasteiger partial charge in [0.15, 0.2) is 0 Å². The number of carboxylic acids is 1. The smallest absolute Gasteiger partial charge is 0.320 e. The number of hydrogen-bond donors (Lipinski definition) is 1. The summed E-state index contributed by atoms with van der Waals surface area (Å²) >= 11 is 12.5. The standard InChI is InChI=1S/C19H20Cl2N2O2/c1-12-5-8-16(22-11-12)18(14-7-6-13(20)10-15(14)21)23-9-3-2-4-17(23)19(24)25/h5-8,10-11,17-18H,2-4,9H2,1H3,(H,24,25). The van der Waals surface area contributed by atoms with Crippen molar-refractivity contribution in [1.82, 2.24) is 9.88 Å². The molecule has 4 nitrogen and oxygen atoms in total. The Morgan fingerprint density at radius 3 is 2.72 bits per heavy atom. The van der Waals surface area contributed by atoms with E-state index in [1.54, 1.807) is 18.3 Å². The van der Waals surface area contributed by atoms with Gasteiger partial charge in [0.2, 0.25) is 0 Å². The van der Waals surface area contributed by atoms with Gasteiger partial charge in [0.1, 0.15) is 6.04 Å². The number of rotatable bonds is 4. The summed E-state index contributed by atoms with van der Waals surface area (Å²) in [5.74, 6) is -0.804. The molecule has 1 aliphatic heterocycles. The third-order valence-electron chi connectivity index (χ3n) is 4.63. The monoisotopic (exact) mass is 378 g/mol. The van der Waals surface area contributed by atoms with Crippen molar-refractivity contribution in [3.8, 4) is 0 Å². The van der Waals surface area contributed by atoms with Gasteiger partial charge in [-0.1, -0.05) is 41.8 Å². The number of carboxylic acid groups (broad SMARTS) is 1. The molecular weight excluding hydrogens is 359 g/mol. The zero-order chi connectivity index (χ0) is 18.0. The molecule has 3 rings (SSSR count). The van der Waals surface area contributed by atoms with Crippen LogP contribution in [0, 0.1) is 6.92 Å². The van der Waals surface area contributed by atoms with E-state index >= 15 is 0 Å². The van der Waals surface area contributed by atoms with E-state index in [-0.39, 0.29) is 6.04 Å². The average molecular weight is 379 g/mol. The lowest BCUT2D eigenvalue weighted by Crippen LogP contribution is -2.47. The van der Waals surface area contributed by atoms with Gasteiger partial charge in [-0.25, -0.2) is 0 Å². The largest absolute Gasteiger partial charge is 0.480 e. The molecule has 6 heteroatoms. The van der Waals surface area contributed by atoms with Crippen molar-refractivity contribution in [2.24, 2.45) is 0 Å². The molecule has 1 fully saturated rings. The number of aliphatic carboxylic acids is 1. The number of pyridine rings is 1. The SMILES string of the molecule is Cc1ccc(C(c2ccc(Cl)cc2Cl)N2CCCCC2C(=O)O)nc1. The summed E-state index contributed by atoms with van der Waals surface area (Å²) in [6.45, 7) is 2.66. The summed E-state index contributed by atoms with van der Waals surface area (Å²) in [6, 6.07) is 8.41. The first kappa shape index (κ1) is 18.2. The molecule has 0 amide bonds. The van der Waals surface area contributed by atoms with Crippen molar-refractivity contribution in [3.63, 3.8) is 0 Å². The van der Waals surface area contributed by atoms with Crippen LogP contribution in [0.5, 0.6) is 0 Å². The second-order valence-corrected chi connectivity index (χ2v) is 7.26. The zero-order valence-corrected chi connectivity index (χ0v) is 15.5. The van der Waals surface area contributed by atoms with E-state index in [1.807, 2.05) is 30.0 Å². The quantitative estimate of drug-likeness (QED) is 0.835. The molecule has 0 radical (unpaired) electrons. The number of aromatic nitrogens is 1. The van der Waals surface area contributed by atoms with E-state index in [2.05, 4.69) is 4.98 Å². The number of piperidine rings is 1. The summed E-state index contributed by atoms with van der Waals surface area (Å²) in [4.78, 5) is 18.4. The Hall–Kier alpha value is -1.62. The fourth-order valence-corrected chi connectivity index (χ4v) is 3.91. The van der Waals surface area contributed by atoms with Crippen molar-refractivity contribution >= 4 is 29.2 Å². The molecule has 2 aromatic rings. The minimum Gasteiger partial charge on any atom is -0.480 e. The molecule has 0 saturated carbocycles. The minimum absolute atomic E-state index is 0.313. The summed E-state index contributed by atoms with van der Waals surface area (Å²) < 4.78 is 0. The first-order valence-electron chi connectivity index (χ1n) is 8.33. The zero-order valence-electron chi connectivity index (χ0n) is 14.0. The molecule has 0 aliphatic carbocycles. The summed E-state index contributed by atoms with van der Waals surface area (Å²) in [5, 5.41) is 10.8. The summed E-state index contributed by atoms with van der Waals surface area (Å²) in [6.07, 6.45) is 4.29. The van der Waals surface area contributed by atoms with Crippen LogP contribution in [0.25, 0.3) is 0 Å². The molecule has 1 saturated heterocycles. The van der Waals surface area contributed by atoms with Crippen molar-refractivity contribution in [2.45, 2.75) is 38.3 Å². The van der Waals surface area contributed by atoms with Crippen molar-refractivity contribution < 1.29 is 9.90 Å². The number of benzene rings is 1. The highest BCUT2D eigenvalue weighted by molar-refractivity contribution is 6.35. The maximum atomic E-state index is 11.8. The lowest BCUT2D eigenvalue weighted by atomic mass is 9.94. The van der Waals surface area contributed by atoms with Crippen LogP contribution in [0.3, 0.4) is 0 Å². The predicted octanol–water partition coefficient (Wildman–Crippen LogP) is 4.73. The first-order chi connectivity index (χ1) is 12.0. The molecule has 132 valence electrons. The van der Waals surface area contributed by atoms with E-state index in [1.165, 1.54) is 0 Å². The van der Waals surface area contributed by atoms with Gasteiger partial charge in [0.25, 0.3) is 0 Å². The molecule has 2 unspecified atom stereocenters. The van der Waals surface area contributed by atoms with Crippen LogP contribution in [-0.2, 0) is 4.79 Å². The topological polar surface area (TPSA) is 53.4 Å². The van der Waals surface area contributed by atoms with E-state index < -0.39 is 12.0 Å². The normalized spacial score (nSPS) is 19.6. The Morgan fingerprint density at radius 2 is 2.08 bits per heavy atom. The molecule has 1 aromatic carbocycles. The van der Waals surface area contributed by atoms with Gasteiger partial charge in [-0.2, -0.15) is 0 Å². The molecule has 2 atom stereocenters. The lowest BCUT2D eigenvalue weighted by molar-refractivity contribution is -0.145. The van der Waals surface area contributed by atoms with Crippen molar-refractivity contribution in [3.05, 3.63) is 63.4 Å². The van der Waals surface area contributed by atoms with Gasteiger partial charge in [0, 0.05) is 16.2 Å². The second-order valence-electron chi connectivity index (χ2n) is 6.42. The second kappa shape index (κ2) is 7.73. The number of hydrogen-bond acceptors (Lipinski definition) is 3. The molecule has 1 aliphatic rings. The van der Waals surface area contributed by atoms with Crippen LogP contribution in [0.2, 0.25) is 10.0 Å². The number of carbonyl (C=O) groups is 1. The van der Waals surface area contributed by atoms with E-state index in [0.717, 1.165) is 29.7 Å². The number of nitrogens with zero attached hydrogens (tertiary/aromatic N) is 2. The highest BCUT2D eigenvalue weighted by Crippen LogP contribution is 2.37. The van der Waals surface area contributed by atoms with Gasteiger partial charge in [-0.15, -0.1) is 0 Å². The number of halogens is 2. The van der Waals surface area contributed by atoms with Gasteiger partial charge < -0.3 is 5.11 Å². The van der Waals surface area contributed by atoms with Crippen LogP contribution in [0.1, 0.15) is 42.1 Å². The maximum absolute atomic E-state index is 11.8. The van der Waals surface area contributed by atoms with E-state index in [0.29, 0.717) is 23.0 Å². The minimum atomic E-state index is -0.804. The fourth-order valence-electron chi connectivity index (χ4n) is 3.40. The third kappa shape index (κ3) is 3.97. The van der Waals surface area contributed by atoms with Crippen molar-refractivity contribution in [2.75, 3.05) is 6.54 Å². The Labute approximate surface area is 157 Å². The Bertz CT molecular complexity index is 765. The van der Waals surface area contributed by atoms with Gasteiger partial charge >= 0.3 is 5.97 Å². The predicted molar refractivity (Wildman–Crippen MR) is 99.3 cm³/mol. The van der Waals surface area contributed by atoms with Gasteiger partial charge in [-0.05, 0) is 55.6 Å². The molecular formula is C19H20Cl2N2O2. The maximum Gasteiger partial charge on any atom is 0.320 e. The third-order valence-corrected chi connectivity index (χ3v) is 5.19. The van der Waals surface area contributed by atoms with E-state index in [4.69, 9.17) is 23.2 Å². The van der Waals surface area contributed by atoms with Crippen LogP contribution >= 0.6 is 23.2 Å². The molecule has 0 spiro atoms. The van der Waals surface area contributed by atoms with Crippen LogP contribution in [-0.4, -0.2) is 33.5 Å². The van der Waals surface area contributed by atoms with Gasteiger partial charge in [-0.3, -0.25) is 14.7 Å². The van der Waals surface area contributed by atoms with Crippen LogP contribution in [0.4, 0.5) is 0 Å². The Kier molecular flexibility index (Phi) is 5.62. The van der Waals surface area contributed by atoms with E-state index in [9.17, 15) is 9.90 Å². The number of aryl methyl sites for hydroxylation is 1. The van der Waals surface area contributed by atoms with Crippen LogP contribution < -0.4 is 0 Å². The Balaban J connectivity index is 2.10. The number of likely N-dealkylation sites (tertiary alicyclic amines) is 1. The average Bonchev–Trinajstić information content (AvgIpc) is 2.59. The summed E-state index contributed by atoms with van der Waals surface area (Å²) in [5.41, 5.74) is 2.68. The fraction of sp³-hybridized carbons (Fsp3) is 0.368. The molecule has 25 heavy (non-hydrogen) atoms. The first-order valence-corrected chi connectivity index (χ1v) is 9.09. The molecule has 1 N–H and O–H groups in total. The molecule has 1 aromatic heterocycles. The highest BCUT2D eigenvalue weighted by atomic mass is 35.5. The summed E-state index contributed by atoms with van der Waals surface area (Å²) in [7, 11) is 0. The Morgan fingerprint density at radius 1 is 1.28 bits per heavy atom. The molecule has 0 bridgehead atoms.